The predicted octanol–water partition coefficient (Wildman–Crippen LogP) is 3.09. The maximum absolute atomic E-state index is 11.7. The van der Waals surface area contributed by atoms with Gasteiger partial charge in [0, 0.05) is 19.0 Å². The lowest BCUT2D eigenvalue weighted by molar-refractivity contribution is -0.00783. The molecule has 1 aromatic rings. The summed E-state index contributed by atoms with van der Waals surface area (Å²) in [7, 11) is 0. The molecule has 1 fully saturated rings. The van der Waals surface area contributed by atoms with E-state index >= 15 is 0 Å². The Morgan fingerprint density at radius 1 is 1.45 bits per heavy atom. The molecule has 0 N–H and O–H groups in total. The lowest BCUT2D eigenvalue weighted by Gasteiger charge is -2.39. The van der Waals surface area contributed by atoms with Gasteiger partial charge >= 0.3 is 6.09 Å². The van der Waals surface area contributed by atoms with Gasteiger partial charge in [0.1, 0.15) is 16.0 Å². The van der Waals surface area contributed by atoms with E-state index in [4.69, 9.17) is 9.47 Å². The highest BCUT2D eigenvalue weighted by atomic mass is 79.9. The summed E-state index contributed by atoms with van der Waals surface area (Å²) in [6.45, 7) is 7.55. The number of hydrogen-bond donors (Lipinski definition) is 0. The zero-order valence-corrected chi connectivity index (χ0v) is 13.5. The number of ether oxygens (including phenoxy) is 2. The SMILES string of the molecule is CC(C)(C)OC(=O)N1CC(COc2ccc(Br)nc2)C1. The van der Waals surface area contributed by atoms with Crippen LogP contribution in [0.4, 0.5) is 4.79 Å². The van der Waals surface area contributed by atoms with Crippen LogP contribution in [0.25, 0.3) is 0 Å². The minimum atomic E-state index is -0.443. The Hall–Kier alpha value is -1.30. The van der Waals surface area contributed by atoms with E-state index < -0.39 is 5.60 Å². The first-order valence-electron chi connectivity index (χ1n) is 6.56. The summed E-state index contributed by atoms with van der Waals surface area (Å²) < 4.78 is 11.7. The second kappa shape index (κ2) is 5.99. The summed E-state index contributed by atoms with van der Waals surface area (Å²) >= 11 is 3.27. The Morgan fingerprint density at radius 2 is 2.15 bits per heavy atom. The molecule has 1 aliphatic rings. The van der Waals surface area contributed by atoms with Crippen molar-refractivity contribution in [1.82, 2.24) is 9.88 Å². The van der Waals surface area contributed by atoms with Crippen LogP contribution < -0.4 is 4.74 Å². The second-order valence-corrected chi connectivity index (χ2v) is 6.69. The fraction of sp³-hybridized carbons (Fsp3) is 0.571. The average molecular weight is 343 g/mol. The molecule has 1 aromatic heterocycles. The number of carbonyl (C=O) groups excluding carboxylic acids is 1. The van der Waals surface area contributed by atoms with Gasteiger partial charge < -0.3 is 14.4 Å². The number of likely N-dealkylation sites (tertiary alicyclic amines) is 1. The first kappa shape index (κ1) is 15.1. The van der Waals surface area contributed by atoms with E-state index in [9.17, 15) is 4.79 Å². The maximum Gasteiger partial charge on any atom is 0.410 e. The van der Waals surface area contributed by atoms with Crippen molar-refractivity contribution in [1.29, 1.82) is 0 Å². The van der Waals surface area contributed by atoms with Crippen molar-refractivity contribution in [3.8, 4) is 5.75 Å². The van der Waals surface area contributed by atoms with Gasteiger partial charge in [-0.05, 0) is 48.8 Å². The number of aromatic nitrogens is 1. The minimum absolute atomic E-state index is 0.251. The van der Waals surface area contributed by atoms with Crippen molar-refractivity contribution in [3.63, 3.8) is 0 Å². The third-order valence-electron chi connectivity index (χ3n) is 2.79. The largest absolute Gasteiger partial charge is 0.492 e. The van der Waals surface area contributed by atoms with E-state index in [1.54, 1.807) is 11.1 Å². The Labute approximate surface area is 127 Å². The summed E-state index contributed by atoms with van der Waals surface area (Å²) in [5.41, 5.74) is -0.443. The lowest BCUT2D eigenvalue weighted by atomic mass is 10.0. The van der Waals surface area contributed by atoms with E-state index in [0.717, 1.165) is 10.4 Å². The molecule has 0 aromatic carbocycles. The molecule has 0 unspecified atom stereocenters. The van der Waals surface area contributed by atoms with E-state index in [-0.39, 0.29) is 6.09 Å². The molecule has 2 heterocycles. The van der Waals surface area contributed by atoms with E-state index in [1.165, 1.54) is 0 Å². The number of rotatable bonds is 3. The molecule has 1 amide bonds. The number of halogens is 1. The third kappa shape index (κ3) is 4.37. The molecule has 0 atom stereocenters. The molecule has 6 heteroatoms. The Bertz CT molecular complexity index is 464. The number of pyridine rings is 1. The number of carbonyl (C=O) groups is 1. The van der Waals surface area contributed by atoms with Gasteiger partial charge in [-0.25, -0.2) is 9.78 Å². The van der Waals surface area contributed by atoms with E-state index in [2.05, 4.69) is 20.9 Å². The molecule has 0 bridgehead atoms. The van der Waals surface area contributed by atoms with Gasteiger partial charge in [0.25, 0.3) is 0 Å². The van der Waals surface area contributed by atoms with Crippen molar-refractivity contribution < 1.29 is 14.3 Å². The summed E-state index contributed by atoms with van der Waals surface area (Å²) in [6, 6.07) is 3.70. The van der Waals surface area contributed by atoms with Crippen LogP contribution in [0.1, 0.15) is 20.8 Å². The molecule has 0 radical (unpaired) electrons. The summed E-state index contributed by atoms with van der Waals surface area (Å²) in [5.74, 6) is 1.09. The first-order valence-corrected chi connectivity index (χ1v) is 7.35. The summed E-state index contributed by atoms with van der Waals surface area (Å²) in [5, 5.41) is 0. The van der Waals surface area contributed by atoms with Gasteiger partial charge in [-0.3, -0.25) is 0 Å². The molecule has 5 nitrogen and oxygen atoms in total. The zero-order valence-electron chi connectivity index (χ0n) is 11.9. The van der Waals surface area contributed by atoms with Crippen LogP contribution in [-0.4, -0.2) is 41.3 Å². The van der Waals surface area contributed by atoms with E-state index in [1.807, 2.05) is 32.9 Å². The zero-order chi connectivity index (χ0) is 14.8. The molecule has 1 aliphatic heterocycles. The lowest BCUT2D eigenvalue weighted by Crippen LogP contribution is -2.53. The van der Waals surface area contributed by atoms with Crippen LogP contribution in [-0.2, 0) is 4.74 Å². The van der Waals surface area contributed by atoms with Crippen molar-refractivity contribution in [2.45, 2.75) is 26.4 Å². The smallest absolute Gasteiger partial charge is 0.410 e. The molecule has 0 spiro atoms. The Morgan fingerprint density at radius 3 is 2.70 bits per heavy atom. The first-order chi connectivity index (χ1) is 9.33. The summed E-state index contributed by atoms with van der Waals surface area (Å²) in [4.78, 5) is 17.5. The maximum atomic E-state index is 11.7. The standard InChI is InChI=1S/C14H19BrN2O3/c1-14(2,3)20-13(18)17-7-10(8-17)9-19-11-4-5-12(15)16-6-11/h4-6,10H,7-9H2,1-3H3. The van der Waals surface area contributed by atoms with Gasteiger partial charge in [-0.15, -0.1) is 0 Å². The van der Waals surface area contributed by atoms with Gasteiger partial charge in [-0.1, -0.05) is 0 Å². The predicted molar refractivity (Wildman–Crippen MR) is 78.7 cm³/mol. The monoisotopic (exact) mass is 342 g/mol. The number of nitrogens with zero attached hydrogens (tertiary/aromatic N) is 2. The second-order valence-electron chi connectivity index (χ2n) is 5.88. The highest BCUT2D eigenvalue weighted by Crippen LogP contribution is 2.21. The highest BCUT2D eigenvalue weighted by molar-refractivity contribution is 9.10. The minimum Gasteiger partial charge on any atom is -0.492 e. The van der Waals surface area contributed by atoms with E-state index in [0.29, 0.717) is 25.6 Å². The molecule has 110 valence electrons. The van der Waals surface area contributed by atoms with Crippen molar-refractivity contribution in [3.05, 3.63) is 22.9 Å². The topological polar surface area (TPSA) is 51.7 Å². The quantitative estimate of drug-likeness (QED) is 0.792. The van der Waals surface area contributed by atoms with Crippen LogP contribution in [0.2, 0.25) is 0 Å². The fourth-order valence-electron chi connectivity index (χ4n) is 1.81. The molecule has 2 rings (SSSR count). The molecule has 0 saturated carbocycles. The normalized spacial score (nSPS) is 15.7. The van der Waals surface area contributed by atoms with Crippen LogP contribution >= 0.6 is 15.9 Å². The van der Waals surface area contributed by atoms with Crippen LogP contribution in [0, 0.1) is 5.92 Å². The van der Waals surface area contributed by atoms with Gasteiger partial charge in [0.05, 0.1) is 12.8 Å². The molecular weight excluding hydrogens is 324 g/mol. The number of amides is 1. The van der Waals surface area contributed by atoms with Crippen LogP contribution in [0.15, 0.2) is 22.9 Å². The fourth-order valence-corrected chi connectivity index (χ4v) is 2.05. The van der Waals surface area contributed by atoms with Gasteiger partial charge in [0.2, 0.25) is 0 Å². The van der Waals surface area contributed by atoms with Gasteiger partial charge in [-0.2, -0.15) is 0 Å². The Kier molecular flexibility index (Phi) is 4.52. The Balaban J connectivity index is 1.69. The highest BCUT2D eigenvalue weighted by Gasteiger charge is 2.33. The number of hydrogen-bond acceptors (Lipinski definition) is 4. The van der Waals surface area contributed by atoms with Crippen molar-refractivity contribution >= 4 is 22.0 Å². The molecular formula is C14H19BrN2O3. The average Bonchev–Trinajstić information content (AvgIpc) is 2.27. The molecule has 1 saturated heterocycles. The molecule has 20 heavy (non-hydrogen) atoms. The van der Waals surface area contributed by atoms with Crippen LogP contribution in [0.3, 0.4) is 0 Å². The van der Waals surface area contributed by atoms with Crippen molar-refractivity contribution in [2.75, 3.05) is 19.7 Å². The molecule has 0 aliphatic carbocycles. The van der Waals surface area contributed by atoms with Crippen molar-refractivity contribution in [2.24, 2.45) is 5.92 Å². The third-order valence-corrected chi connectivity index (χ3v) is 3.26. The van der Waals surface area contributed by atoms with Crippen LogP contribution in [0.5, 0.6) is 5.75 Å². The summed E-state index contributed by atoms with van der Waals surface area (Å²) in [6.07, 6.45) is 1.42. The van der Waals surface area contributed by atoms with Gasteiger partial charge in [0.15, 0.2) is 0 Å².